The van der Waals surface area contributed by atoms with Crippen molar-refractivity contribution < 1.29 is 4.79 Å². The van der Waals surface area contributed by atoms with Crippen LogP contribution in [0.5, 0.6) is 0 Å². The van der Waals surface area contributed by atoms with Crippen LogP contribution in [0.1, 0.15) is 0 Å². The van der Waals surface area contributed by atoms with Crippen molar-refractivity contribution in [3.8, 4) is 0 Å². The number of amides is 2. The maximum absolute atomic E-state index is 11.1. The van der Waals surface area contributed by atoms with Crippen LogP contribution in [0.25, 0.3) is 0 Å². The molecule has 0 aromatic carbocycles. The zero-order valence-corrected chi connectivity index (χ0v) is 7.35. The molecule has 0 bridgehead atoms. The monoisotopic (exact) mass is 179 g/mol. The second-order valence-corrected chi connectivity index (χ2v) is 3.01. The molecule has 2 rings (SSSR count). The van der Waals surface area contributed by atoms with Crippen LogP contribution in [0.2, 0.25) is 0 Å². The number of nitrogens with zero attached hydrogens (tertiary/aromatic N) is 4. The van der Waals surface area contributed by atoms with Crippen LogP contribution in [0.3, 0.4) is 0 Å². The summed E-state index contributed by atoms with van der Waals surface area (Å²) in [5.41, 5.74) is 0.699. The van der Waals surface area contributed by atoms with E-state index in [-0.39, 0.29) is 12.1 Å². The molecule has 0 aromatic rings. The minimum atomic E-state index is -0.346. The Balaban J connectivity index is 2.39. The van der Waals surface area contributed by atoms with Crippen molar-refractivity contribution in [3.05, 3.63) is 0 Å². The van der Waals surface area contributed by atoms with Crippen molar-refractivity contribution in [1.82, 2.24) is 10.2 Å². The number of hydrogen-bond donors (Lipinski definition) is 1. The van der Waals surface area contributed by atoms with Gasteiger partial charge in [-0.15, -0.1) is 5.10 Å². The lowest BCUT2D eigenvalue weighted by Crippen LogP contribution is -2.50. The fraction of sp³-hybridized carbons (Fsp3) is 0.429. The van der Waals surface area contributed by atoms with Gasteiger partial charge in [0, 0.05) is 14.1 Å². The molecule has 6 heteroatoms. The smallest absolute Gasteiger partial charge is 0.343 e. The molecular formula is C7H9N5O. The van der Waals surface area contributed by atoms with E-state index in [1.165, 1.54) is 0 Å². The Kier molecular flexibility index (Phi) is 1.61. The number of carbonyl (C=O) groups is 1. The Morgan fingerprint density at radius 1 is 1.54 bits per heavy atom. The Labute approximate surface area is 75.0 Å². The summed E-state index contributed by atoms with van der Waals surface area (Å²) in [6.07, 6.45) is 1.59. The molecule has 0 saturated heterocycles. The van der Waals surface area contributed by atoms with Gasteiger partial charge in [0.1, 0.15) is 11.8 Å². The lowest BCUT2D eigenvalue weighted by atomic mass is 10.1. The normalized spacial score (nSPS) is 24.8. The number of urea groups is 1. The number of amidine groups is 1. The molecule has 0 aromatic heterocycles. The van der Waals surface area contributed by atoms with Crippen molar-refractivity contribution in [1.29, 1.82) is 0 Å². The maximum atomic E-state index is 11.1. The van der Waals surface area contributed by atoms with E-state index < -0.39 is 0 Å². The molecule has 0 spiro atoms. The van der Waals surface area contributed by atoms with Crippen molar-refractivity contribution in [2.24, 2.45) is 15.2 Å². The molecular weight excluding hydrogens is 170 g/mol. The number of rotatable bonds is 0. The highest BCUT2D eigenvalue weighted by molar-refractivity contribution is 6.49. The van der Waals surface area contributed by atoms with E-state index in [4.69, 9.17) is 0 Å². The predicted molar refractivity (Wildman–Crippen MR) is 49.4 cm³/mol. The zero-order valence-electron chi connectivity index (χ0n) is 7.35. The molecule has 68 valence electrons. The number of aliphatic imine (C=N–C) groups is 1. The van der Waals surface area contributed by atoms with Gasteiger partial charge in [0.15, 0.2) is 5.84 Å². The molecule has 2 amide bonds. The summed E-state index contributed by atoms with van der Waals surface area (Å²) in [5, 5.41) is 10.3. The number of hydrogen-bond acceptors (Lipinski definition) is 4. The van der Waals surface area contributed by atoms with E-state index in [9.17, 15) is 4.79 Å². The van der Waals surface area contributed by atoms with Gasteiger partial charge in [-0.25, -0.2) is 4.79 Å². The topological polar surface area (TPSA) is 69.4 Å². The van der Waals surface area contributed by atoms with E-state index in [2.05, 4.69) is 20.5 Å². The van der Waals surface area contributed by atoms with E-state index >= 15 is 0 Å². The van der Waals surface area contributed by atoms with Crippen LogP contribution in [0.4, 0.5) is 4.79 Å². The predicted octanol–water partition coefficient (Wildman–Crippen LogP) is -0.521. The van der Waals surface area contributed by atoms with E-state index in [0.717, 1.165) is 0 Å². The molecule has 1 unspecified atom stereocenters. The largest absolute Gasteiger partial charge is 0.361 e. The SMILES string of the molecule is CN(C)C1=NC(=O)NC2C=NN=C12. The third kappa shape index (κ3) is 1.20. The van der Waals surface area contributed by atoms with Crippen LogP contribution < -0.4 is 5.32 Å². The first-order chi connectivity index (χ1) is 6.18. The van der Waals surface area contributed by atoms with Gasteiger partial charge in [-0.05, 0) is 0 Å². The Morgan fingerprint density at radius 2 is 2.31 bits per heavy atom. The van der Waals surface area contributed by atoms with Crippen molar-refractivity contribution in [2.45, 2.75) is 6.04 Å². The molecule has 2 heterocycles. The molecule has 0 fully saturated rings. The molecule has 0 saturated carbocycles. The van der Waals surface area contributed by atoms with Gasteiger partial charge < -0.3 is 10.2 Å². The highest BCUT2D eigenvalue weighted by Crippen LogP contribution is 2.06. The molecule has 6 nitrogen and oxygen atoms in total. The standard InChI is InChI=1S/C7H9N5O/c1-12(2)6-5-4(3-8-11-5)9-7(13)10-6/h3-4H,1-2H3,(H,9,13). The molecule has 1 N–H and O–H groups in total. The minimum Gasteiger partial charge on any atom is -0.361 e. The van der Waals surface area contributed by atoms with Gasteiger partial charge in [-0.2, -0.15) is 10.1 Å². The van der Waals surface area contributed by atoms with Gasteiger partial charge in [-0.3, -0.25) is 0 Å². The van der Waals surface area contributed by atoms with Crippen LogP contribution in [-0.4, -0.2) is 48.8 Å². The van der Waals surface area contributed by atoms with Gasteiger partial charge in [-0.1, -0.05) is 0 Å². The van der Waals surface area contributed by atoms with Crippen LogP contribution in [-0.2, 0) is 0 Å². The minimum absolute atomic E-state index is 0.206. The molecule has 1 atom stereocenters. The molecule has 13 heavy (non-hydrogen) atoms. The molecule has 0 aliphatic carbocycles. The molecule has 2 aliphatic heterocycles. The summed E-state index contributed by atoms with van der Waals surface area (Å²) in [6, 6.07) is -0.552. The van der Waals surface area contributed by atoms with E-state index in [0.29, 0.717) is 11.5 Å². The summed E-state index contributed by atoms with van der Waals surface area (Å²) in [4.78, 5) is 16.6. The second kappa shape index (κ2) is 2.65. The Hall–Kier alpha value is -1.72. The van der Waals surface area contributed by atoms with E-state index in [1.807, 2.05) is 14.1 Å². The third-order valence-electron chi connectivity index (χ3n) is 1.81. The summed E-state index contributed by atoms with van der Waals surface area (Å²) in [6.45, 7) is 0. The van der Waals surface area contributed by atoms with Crippen LogP contribution in [0.15, 0.2) is 15.2 Å². The van der Waals surface area contributed by atoms with Crippen molar-refractivity contribution in [3.63, 3.8) is 0 Å². The van der Waals surface area contributed by atoms with Gasteiger partial charge in [0.2, 0.25) is 0 Å². The zero-order chi connectivity index (χ0) is 9.42. The summed E-state index contributed by atoms with van der Waals surface area (Å²) in [7, 11) is 3.63. The average Bonchev–Trinajstić information content (AvgIpc) is 2.49. The molecule has 0 radical (unpaired) electrons. The number of nitrogens with one attached hydrogen (secondary N) is 1. The lowest BCUT2D eigenvalue weighted by Gasteiger charge is -2.22. The lowest BCUT2D eigenvalue weighted by molar-refractivity contribution is 0.249. The highest BCUT2D eigenvalue weighted by Gasteiger charge is 2.30. The first-order valence-corrected chi connectivity index (χ1v) is 3.86. The Bertz CT molecular complexity index is 341. The van der Waals surface area contributed by atoms with Gasteiger partial charge in [0.25, 0.3) is 0 Å². The highest BCUT2D eigenvalue weighted by atomic mass is 16.2. The maximum Gasteiger partial charge on any atom is 0.343 e. The second-order valence-electron chi connectivity index (χ2n) is 3.01. The van der Waals surface area contributed by atoms with Gasteiger partial charge >= 0.3 is 6.03 Å². The average molecular weight is 179 g/mol. The first-order valence-electron chi connectivity index (χ1n) is 3.86. The van der Waals surface area contributed by atoms with E-state index in [1.54, 1.807) is 11.1 Å². The quantitative estimate of drug-likeness (QED) is 0.543. The van der Waals surface area contributed by atoms with Crippen LogP contribution >= 0.6 is 0 Å². The fourth-order valence-electron chi connectivity index (χ4n) is 1.23. The van der Waals surface area contributed by atoms with Gasteiger partial charge in [0.05, 0.1) is 6.21 Å². The Morgan fingerprint density at radius 3 is 3.00 bits per heavy atom. The first kappa shape index (κ1) is 7.90. The fourth-order valence-corrected chi connectivity index (χ4v) is 1.23. The van der Waals surface area contributed by atoms with Crippen molar-refractivity contribution in [2.75, 3.05) is 14.1 Å². The summed E-state index contributed by atoms with van der Waals surface area (Å²) in [5.74, 6) is 0.575. The summed E-state index contributed by atoms with van der Waals surface area (Å²) >= 11 is 0. The summed E-state index contributed by atoms with van der Waals surface area (Å²) < 4.78 is 0. The molecule has 2 aliphatic rings. The number of fused-ring (bicyclic) bond motifs is 1. The van der Waals surface area contributed by atoms with Crippen molar-refractivity contribution >= 4 is 23.8 Å². The number of carbonyl (C=O) groups excluding carboxylic acids is 1. The van der Waals surface area contributed by atoms with Crippen LogP contribution in [0, 0.1) is 0 Å². The third-order valence-corrected chi connectivity index (χ3v) is 1.81.